The Bertz CT molecular complexity index is 585. The molecule has 0 radical (unpaired) electrons. The summed E-state index contributed by atoms with van der Waals surface area (Å²) >= 11 is 0. The first-order chi connectivity index (χ1) is 8.65. The van der Waals surface area contributed by atoms with Gasteiger partial charge in [0.1, 0.15) is 0 Å². The van der Waals surface area contributed by atoms with Crippen molar-refractivity contribution in [3.63, 3.8) is 0 Å². The van der Waals surface area contributed by atoms with E-state index in [9.17, 15) is 4.79 Å². The van der Waals surface area contributed by atoms with Crippen LogP contribution < -0.4 is 0 Å². The molecule has 0 amide bonds. The highest BCUT2D eigenvalue weighted by molar-refractivity contribution is 5.91. The summed E-state index contributed by atoms with van der Waals surface area (Å²) in [6.07, 6.45) is 5.16. The van der Waals surface area contributed by atoms with Gasteiger partial charge in [-0.1, -0.05) is 6.08 Å². The highest BCUT2D eigenvalue weighted by atomic mass is 16.4. The minimum absolute atomic E-state index is 0.315. The smallest absolute Gasteiger partial charge is 0.337 e. The van der Waals surface area contributed by atoms with Crippen LogP contribution >= 0.6 is 0 Å². The first-order valence-corrected chi connectivity index (χ1v) is 5.60. The molecule has 4 heteroatoms. The predicted molar refractivity (Wildman–Crippen MR) is 69.6 cm³/mol. The standard InChI is InChI=1S/C14H14N2O2/c1-3-7-16-10(2)12(14(17)18)8-13(16)11-5-4-6-15-9-11/h3-6,8-9H,1,7H2,2H3,(H,17,18). The van der Waals surface area contributed by atoms with Crippen LogP contribution in [0.5, 0.6) is 0 Å². The number of pyridine rings is 1. The van der Waals surface area contributed by atoms with E-state index in [2.05, 4.69) is 11.6 Å². The Hall–Kier alpha value is -2.36. The van der Waals surface area contributed by atoms with Gasteiger partial charge in [0.2, 0.25) is 0 Å². The molecule has 0 aliphatic carbocycles. The van der Waals surface area contributed by atoms with Crippen molar-refractivity contribution in [1.82, 2.24) is 9.55 Å². The Balaban J connectivity index is 2.62. The topological polar surface area (TPSA) is 55.1 Å². The molecule has 18 heavy (non-hydrogen) atoms. The third kappa shape index (κ3) is 2.05. The van der Waals surface area contributed by atoms with Crippen molar-refractivity contribution in [2.24, 2.45) is 0 Å². The molecule has 0 aliphatic heterocycles. The van der Waals surface area contributed by atoms with E-state index in [4.69, 9.17) is 5.11 Å². The summed E-state index contributed by atoms with van der Waals surface area (Å²) in [6, 6.07) is 5.42. The molecule has 0 bridgehead atoms. The maximum atomic E-state index is 11.2. The summed E-state index contributed by atoms with van der Waals surface area (Å²) < 4.78 is 1.92. The fourth-order valence-electron chi connectivity index (χ4n) is 1.98. The summed E-state index contributed by atoms with van der Waals surface area (Å²) in [5, 5.41) is 9.16. The largest absolute Gasteiger partial charge is 0.478 e. The molecule has 2 aromatic rings. The van der Waals surface area contributed by atoms with Crippen LogP contribution in [-0.2, 0) is 6.54 Å². The molecule has 0 saturated carbocycles. The molecule has 2 rings (SSSR count). The lowest BCUT2D eigenvalue weighted by Crippen LogP contribution is -2.03. The lowest BCUT2D eigenvalue weighted by atomic mass is 10.2. The van der Waals surface area contributed by atoms with Gasteiger partial charge in [0.05, 0.1) is 11.3 Å². The van der Waals surface area contributed by atoms with Gasteiger partial charge in [0.25, 0.3) is 0 Å². The highest BCUT2D eigenvalue weighted by Gasteiger charge is 2.16. The van der Waals surface area contributed by atoms with Gasteiger partial charge in [-0.15, -0.1) is 6.58 Å². The van der Waals surface area contributed by atoms with Gasteiger partial charge in [-0.2, -0.15) is 0 Å². The normalized spacial score (nSPS) is 10.3. The van der Waals surface area contributed by atoms with Crippen LogP contribution in [0.3, 0.4) is 0 Å². The molecule has 0 unspecified atom stereocenters. The number of aromatic carboxylic acids is 1. The number of hydrogen-bond donors (Lipinski definition) is 1. The predicted octanol–water partition coefficient (Wildman–Crippen LogP) is 2.74. The number of hydrogen-bond acceptors (Lipinski definition) is 2. The third-order valence-corrected chi connectivity index (χ3v) is 2.87. The van der Waals surface area contributed by atoms with E-state index < -0.39 is 5.97 Å². The molecular formula is C14H14N2O2. The molecule has 2 aromatic heterocycles. The molecule has 0 fully saturated rings. The maximum Gasteiger partial charge on any atom is 0.337 e. The van der Waals surface area contributed by atoms with Gasteiger partial charge in [-0.05, 0) is 25.1 Å². The number of carboxylic acids is 1. The number of carboxylic acid groups (broad SMARTS) is 1. The fourth-order valence-corrected chi connectivity index (χ4v) is 1.98. The lowest BCUT2D eigenvalue weighted by molar-refractivity contribution is 0.0696. The SMILES string of the molecule is C=CCn1c(-c2cccnc2)cc(C(=O)O)c1C. The van der Waals surface area contributed by atoms with Crippen LogP contribution in [0.1, 0.15) is 16.1 Å². The van der Waals surface area contributed by atoms with Crippen molar-refractivity contribution in [3.8, 4) is 11.3 Å². The van der Waals surface area contributed by atoms with Gasteiger partial charge in [0.15, 0.2) is 0 Å². The lowest BCUT2D eigenvalue weighted by Gasteiger charge is -2.08. The van der Waals surface area contributed by atoms with Crippen LogP contribution in [-0.4, -0.2) is 20.6 Å². The summed E-state index contributed by atoms with van der Waals surface area (Å²) in [5.41, 5.74) is 2.78. The Morgan fingerprint density at radius 2 is 2.39 bits per heavy atom. The third-order valence-electron chi connectivity index (χ3n) is 2.87. The Labute approximate surface area is 105 Å². The molecule has 4 nitrogen and oxygen atoms in total. The molecule has 0 saturated heterocycles. The van der Waals surface area contributed by atoms with E-state index in [0.717, 1.165) is 17.0 Å². The minimum Gasteiger partial charge on any atom is -0.478 e. The minimum atomic E-state index is -0.916. The molecule has 1 N–H and O–H groups in total. The van der Waals surface area contributed by atoms with Crippen molar-refractivity contribution in [3.05, 3.63) is 54.5 Å². The van der Waals surface area contributed by atoms with Crippen molar-refractivity contribution < 1.29 is 9.90 Å². The molecule has 0 spiro atoms. The van der Waals surface area contributed by atoms with Crippen LogP contribution in [0.4, 0.5) is 0 Å². The monoisotopic (exact) mass is 242 g/mol. The van der Waals surface area contributed by atoms with Gasteiger partial charge in [-0.3, -0.25) is 4.98 Å². The number of aromatic nitrogens is 2. The van der Waals surface area contributed by atoms with Crippen LogP contribution in [0, 0.1) is 6.92 Å². The van der Waals surface area contributed by atoms with Crippen LogP contribution in [0.2, 0.25) is 0 Å². The van der Waals surface area contributed by atoms with Gasteiger partial charge in [0, 0.05) is 30.2 Å². The molecule has 0 aliphatic rings. The first-order valence-electron chi connectivity index (χ1n) is 5.60. The molecule has 2 heterocycles. The number of rotatable bonds is 4. The van der Waals surface area contributed by atoms with Gasteiger partial charge in [-0.25, -0.2) is 4.79 Å². The number of carbonyl (C=O) groups is 1. The Kier molecular flexibility index (Phi) is 3.28. The Morgan fingerprint density at radius 1 is 1.61 bits per heavy atom. The van der Waals surface area contributed by atoms with Crippen LogP contribution in [0.25, 0.3) is 11.3 Å². The molecule has 0 aromatic carbocycles. The maximum absolute atomic E-state index is 11.2. The van der Waals surface area contributed by atoms with E-state index in [0.29, 0.717) is 12.1 Å². The second kappa shape index (κ2) is 4.87. The first kappa shape index (κ1) is 12.1. The summed E-state index contributed by atoms with van der Waals surface area (Å²) in [5.74, 6) is -0.916. The quantitative estimate of drug-likeness (QED) is 0.839. The van der Waals surface area contributed by atoms with E-state index in [1.165, 1.54) is 0 Å². The molecular weight excluding hydrogens is 228 g/mol. The summed E-state index contributed by atoms with van der Waals surface area (Å²) in [6.45, 7) is 6.07. The van der Waals surface area contributed by atoms with Gasteiger partial charge >= 0.3 is 5.97 Å². The number of allylic oxidation sites excluding steroid dienone is 1. The van der Waals surface area contributed by atoms with E-state index in [-0.39, 0.29) is 0 Å². The van der Waals surface area contributed by atoms with E-state index in [1.807, 2.05) is 16.7 Å². The Morgan fingerprint density at radius 3 is 2.94 bits per heavy atom. The second-order valence-corrected chi connectivity index (χ2v) is 3.97. The molecule has 0 atom stereocenters. The van der Waals surface area contributed by atoms with E-state index >= 15 is 0 Å². The van der Waals surface area contributed by atoms with Gasteiger partial charge < -0.3 is 9.67 Å². The average molecular weight is 242 g/mol. The highest BCUT2D eigenvalue weighted by Crippen LogP contribution is 2.25. The van der Waals surface area contributed by atoms with Crippen LogP contribution in [0.15, 0.2) is 43.2 Å². The summed E-state index contributed by atoms with van der Waals surface area (Å²) in [4.78, 5) is 15.2. The zero-order valence-corrected chi connectivity index (χ0v) is 10.1. The van der Waals surface area contributed by atoms with E-state index in [1.54, 1.807) is 31.5 Å². The fraction of sp³-hybridized carbons (Fsp3) is 0.143. The number of nitrogens with zero attached hydrogens (tertiary/aromatic N) is 2. The summed E-state index contributed by atoms with van der Waals surface area (Å²) in [7, 11) is 0. The molecule has 92 valence electrons. The van der Waals surface area contributed by atoms with Crippen molar-refractivity contribution in [2.45, 2.75) is 13.5 Å². The zero-order valence-electron chi connectivity index (χ0n) is 10.1. The van der Waals surface area contributed by atoms with Crippen molar-refractivity contribution >= 4 is 5.97 Å². The zero-order chi connectivity index (χ0) is 13.1. The average Bonchev–Trinajstić information content (AvgIpc) is 2.69. The van der Waals surface area contributed by atoms with Crippen molar-refractivity contribution in [2.75, 3.05) is 0 Å². The second-order valence-electron chi connectivity index (χ2n) is 3.97. The van der Waals surface area contributed by atoms with Crippen molar-refractivity contribution in [1.29, 1.82) is 0 Å².